The molecule has 0 fully saturated rings. The van der Waals surface area contributed by atoms with E-state index in [4.69, 9.17) is 19.3 Å². The van der Waals surface area contributed by atoms with Crippen LogP contribution in [0.15, 0.2) is 0 Å². The molecule has 15 heavy (non-hydrogen) atoms. The molecule has 0 aromatic rings. The lowest BCUT2D eigenvalue weighted by Crippen LogP contribution is -2.33. The first-order valence-electron chi connectivity index (χ1n) is 5.24. The van der Waals surface area contributed by atoms with Gasteiger partial charge in [-0.15, -0.1) is 0 Å². The van der Waals surface area contributed by atoms with E-state index in [1.165, 1.54) is 0 Å². The average molecular weight is 221 g/mol. The molecule has 92 valence electrons. The maximum Gasteiger partial charge on any atom is 0.0700 e. The second-order valence-corrected chi connectivity index (χ2v) is 3.16. The molecule has 0 aromatic carbocycles. The second kappa shape index (κ2) is 11.9. The zero-order valence-corrected chi connectivity index (χ0v) is 9.78. The molecule has 0 heterocycles. The number of hydrogen-bond donors (Lipinski definition) is 1. The Balaban J connectivity index is 3.38. The number of aliphatic hydroxyl groups is 1. The summed E-state index contributed by atoms with van der Waals surface area (Å²) in [5.41, 5.74) is 0. The van der Waals surface area contributed by atoms with Gasteiger partial charge in [0.15, 0.2) is 0 Å². The quantitative estimate of drug-likeness (QED) is 0.481. The van der Waals surface area contributed by atoms with Crippen LogP contribution in [0.25, 0.3) is 0 Å². The lowest BCUT2D eigenvalue weighted by atomic mass is 10.4. The molecule has 0 atom stereocenters. The van der Waals surface area contributed by atoms with Crippen molar-refractivity contribution in [2.75, 3.05) is 66.9 Å². The van der Waals surface area contributed by atoms with Gasteiger partial charge in [-0.05, 0) is 0 Å². The number of aliphatic hydroxyl groups excluding tert-OH is 1. The van der Waals surface area contributed by atoms with E-state index in [2.05, 4.69) is 4.90 Å². The third-order valence-electron chi connectivity index (χ3n) is 2.01. The van der Waals surface area contributed by atoms with Crippen LogP contribution in [0.2, 0.25) is 0 Å². The molecular weight excluding hydrogens is 198 g/mol. The van der Waals surface area contributed by atoms with E-state index < -0.39 is 0 Å². The molecule has 5 heteroatoms. The van der Waals surface area contributed by atoms with Gasteiger partial charge in [-0.3, -0.25) is 4.90 Å². The van der Waals surface area contributed by atoms with E-state index in [0.29, 0.717) is 33.0 Å². The van der Waals surface area contributed by atoms with E-state index in [1.54, 1.807) is 14.2 Å². The van der Waals surface area contributed by atoms with Gasteiger partial charge in [0, 0.05) is 33.9 Å². The summed E-state index contributed by atoms with van der Waals surface area (Å²) in [6, 6.07) is 0. The molecule has 0 aliphatic carbocycles. The molecule has 5 nitrogen and oxygen atoms in total. The van der Waals surface area contributed by atoms with Gasteiger partial charge >= 0.3 is 0 Å². The fourth-order valence-corrected chi connectivity index (χ4v) is 1.14. The number of ether oxygens (including phenoxy) is 3. The van der Waals surface area contributed by atoms with E-state index in [-0.39, 0.29) is 6.61 Å². The minimum atomic E-state index is 0.168. The summed E-state index contributed by atoms with van der Waals surface area (Å²) in [6.45, 7) is 5.05. The molecule has 0 saturated carbocycles. The number of nitrogens with zero attached hydrogens (tertiary/aromatic N) is 1. The molecule has 0 amide bonds. The van der Waals surface area contributed by atoms with Gasteiger partial charge in [-0.2, -0.15) is 0 Å². The molecule has 0 unspecified atom stereocenters. The Morgan fingerprint density at radius 1 is 0.867 bits per heavy atom. The first-order chi connectivity index (χ1) is 7.35. The molecule has 1 N–H and O–H groups in total. The van der Waals surface area contributed by atoms with Crippen LogP contribution in [0.5, 0.6) is 0 Å². The van der Waals surface area contributed by atoms with Crippen molar-refractivity contribution >= 4 is 0 Å². The summed E-state index contributed by atoms with van der Waals surface area (Å²) in [4.78, 5) is 2.11. The Morgan fingerprint density at radius 2 is 1.53 bits per heavy atom. The zero-order chi connectivity index (χ0) is 11.4. The zero-order valence-electron chi connectivity index (χ0n) is 9.78. The summed E-state index contributed by atoms with van der Waals surface area (Å²) < 4.78 is 15.2. The molecule has 0 bridgehead atoms. The highest BCUT2D eigenvalue weighted by atomic mass is 16.5. The van der Waals surface area contributed by atoms with Crippen molar-refractivity contribution in [2.45, 2.75) is 0 Å². The SMILES string of the molecule is COCCOCCN(CCO)CCOC. The van der Waals surface area contributed by atoms with Crippen molar-refractivity contribution in [2.24, 2.45) is 0 Å². The standard InChI is InChI=1S/C10H23NO4/c1-13-7-4-11(3-6-12)5-8-15-10-9-14-2/h12H,3-10H2,1-2H3. The monoisotopic (exact) mass is 221 g/mol. The van der Waals surface area contributed by atoms with Crippen LogP contribution < -0.4 is 0 Å². The van der Waals surface area contributed by atoms with Gasteiger partial charge in [0.25, 0.3) is 0 Å². The van der Waals surface area contributed by atoms with Gasteiger partial charge in [-0.1, -0.05) is 0 Å². The molecule has 0 spiro atoms. The molecule has 0 aliphatic rings. The van der Waals surface area contributed by atoms with Crippen molar-refractivity contribution < 1.29 is 19.3 Å². The topological polar surface area (TPSA) is 51.2 Å². The van der Waals surface area contributed by atoms with Crippen molar-refractivity contribution in [1.82, 2.24) is 4.90 Å². The highest BCUT2D eigenvalue weighted by Crippen LogP contribution is 1.89. The van der Waals surface area contributed by atoms with Crippen LogP contribution in [0.1, 0.15) is 0 Å². The third-order valence-corrected chi connectivity index (χ3v) is 2.01. The number of hydrogen-bond acceptors (Lipinski definition) is 5. The Hall–Kier alpha value is -0.200. The van der Waals surface area contributed by atoms with Gasteiger partial charge in [0.2, 0.25) is 0 Å². The summed E-state index contributed by atoms with van der Waals surface area (Å²) in [6.07, 6.45) is 0. The highest BCUT2D eigenvalue weighted by molar-refractivity contribution is 4.55. The highest BCUT2D eigenvalue weighted by Gasteiger charge is 2.03. The first-order valence-corrected chi connectivity index (χ1v) is 5.24. The Bertz CT molecular complexity index is 124. The van der Waals surface area contributed by atoms with Crippen molar-refractivity contribution in [3.05, 3.63) is 0 Å². The Kier molecular flexibility index (Phi) is 11.7. The van der Waals surface area contributed by atoms with Crippen LogP contribution in [-0.4, -0.2) is 76.9 Å². The van der Waals surface area contributed by atoms with Crippen molar-refractivity contribution in [3.8, 4) is 0 Å². The van der Waals surface area contributed by atoms with E-state index >= 15 is 0 Å². The summed E-state index contributed by atoms with van der Waals surface area (Å²) in [5, 5.41) is 8.83. The fraction of sp³-hybridized carbons (Fsp3) is 1.00. The minimum Gasteiger partial charge on any atom is -0.395 e. The fourth-order valence-electron chi connectivity index (χ4n) is 1.14. The molecule has 0 saturated heterocycles. The van der Waals surface area contributed by atoms with Crippen molar-refractivity contribution in [3.63, 3.8) is 0 Å². The van der Waals surface area contributed by atoms with Crippen LogP contribution in [0, 0.1) is 0 Å². The largest absolute Gasteiger partial charge is 0.395 e. The Morgan fingerprint density at radius 3 is 2.13 bits per heavy atom. The third kappa shape index (κ3) is 10.1. The minimum absolute atomic E-state index is 0.168. The average Bonchev–Trinajstić information content (AvgIpc) is 2.25. The molecule has 0 aliphatic heterocycles. The van der Waals surface area contributed by atoms with E-state index in [0.717, 1.165) is 13.1 Å². The van der Waals surface area contributed by atoms with Crippen LogP contribution in [0.4, 0.5) is 0 Å². The molecule has 0 aromatic heterocycles. The lowest BCUT2D eigenvalue weighted by molar-refractivity contribution is 0.0487. The maximum absolute atomic E-state index is 8.83. The number of methoxy groups -OCH3 is 2. The Labute approximate surface area is 91.9 Å². The van der Waals surface area contributed by atoms with Gasteiger partial charge in [-0.25, -0.2) is 0 Å². The lowest BCUT2D eigenvalue weighted by Gasteiger charge is -2.20. The molecule has 0 rings (SSSR count). The van der Waals surface area contributed by atoms with Crippen LogP contribution in [-0.2, 0) is 14.2 Å². The second-order valence-electron chi connectivity index (χ2n) is 3.16. The van der Waals surface area contributed by atoms with Crippen LogP contribution in [0.3, 0.4) is 0 Å². The smallest absolute Gasteiger partial charge is 0.0700 e. The van der Waals surface area contributed by atoms with Crippen molar-refractivity contribution in [1.29, 1.82) is 0 Å². The summed E-state index contributed by atoms with van der Waals surface area (Å²) >= 11 is 0. The molecule has 0 radical (unpaired) electrons. The van der Waals surface area contributed by atoms with Gasteiger partial charge < -0.3 is 19.3 Å². The van der Waals surface area contributed by atoms with Gasteiger partial charge in [0.05, 0.1) is 33.0 Å². The molecular formula is C10H23NO4. The normalized spacial score (nSPS) is 11.2. The number of rotatable bonds is 11. The maximum atomic E-state index is 8.83. The van der Waals surface area contributed by atoms with E-state index in [9.17, 15) is 0 Å². The van der Waals surface area contributed by atoms with E-state index in [1.807, 2.05) is 0 Å². The first kappa shape index (κ1) is 14.8. The predicted molar refractivity (Wildman–Crippen MR) is 58.1 cm³/mol. The predicted octanol–water partition coefficient (Wildman–Crippen LogP) is -0.410. The summed E-state index contributed by atoms with van der Waals surface area (Å²) in [7, 11) is 3.33. The summed E-state index contributed by atoms with van der Waals surface area (Å²) in [5.74, 6) is 0. The van der Waals surface area contributed by atoms with Gasteiger partial charge in [0.1, 0.15) is 0 Å². The van der Waals surface area contributed by atoms with Crippen LogP contribution >= 0.6 is 0 Å².